The number of rotatable bonds is 7. The first-order chi connectivity index (χ1) is 10.3. The van der Waals surface area contributed by atoms with E-state index in [1.165, 1.54) is 6.20 Å². The molecule has 21 heavy (non-hydrogen) atoms. The molecular weight excluding hydrogens is 267 g/mol. The van der Waals surface area contributed by atoms with Crippen LogP contribution in [0.25, 0.3) is 0 Å². The number of nitrogens with zero attached hydrogens (tertiary/aromatic N) is 1. The molecule has 0 aliphatic rings. The van der Waals surface area contributed by atoms with Gasteiger partial charge >= 0.3 is 0 Å². The molecule has 0 fully saturated rings. The molecule has 0 aliphatic carbocycles. The minimum absolute atomic E-state index is 0.243. The minimum atomic E-state index is -0.316. The maximum Gasteiger partial charge on any atom is 0.146 e. The Hall–Kier alpha value is -1.78. The molecule has 112 valence electrons. The predicted molar refractivity (Wildman–Crippen MR) is 81.4 cm³/mol. The summed E-state index contributed by atoms with van der Waals surface area (Å²) < 4.78 is 20.0. The van der Waals surface area contributed by atoms with Gasteiger partial charge in [0.2, 0.25) is 0 Å². The number of halogens is 1. The summed E-state index contributed by atoms with van der Waals surface area (Å²) in [5.41, 5.74) is 1.61. The molecule has 0 saturated heterocycles. The van der Waals surface area contributed by atoms with Crippen LogP contribution in [0.5, 0.6) is 0 Å². The van der Waals surface area contributed by atoms with E-state index in [0.29, 0.717) is 12.2 Å². The molecule has 2 atom stereocenters. The average Bonchev–Trinajstić information content (AvgIpc) is 2.52. The van der Waals surface area contributed by atoms with Crippen molar-refractivity contribution in [1.29, 1.82) is 0 Å². The lowest BCUT2D eigenvalue weighted by atomic mass is 9.95. The summed E-state index contributed by atoms with van der Waals surface area (Å²) >= 11 is 0. The van der Waals surface area contributed by atoms with Crippen molar-refractivity contribution in [3.05, 3.63) is 65.7 Å². The Morgan fingerprint density at radius 2 is 1.95 bits per heavy atom. The molecule has 0 saturated carbocycles. The summed E-state index contributed by atoms with van der Waals surface area (Å²) in [6.45, 7) is 5.24. The third kappa shape index (κ3) is 3.86. The highest BCUT2D eigenvalue weighted by Crippen LogP contribution is 2.33. The molecule has 4 heteroatoms. The zero-order chi connectivity index (χ0) is 15.1. The van der Waals surface area contributed by atoms with Crippen molar-refractivity contribution >= 4 is 0 Å². The summed E-state index contributed by atoms with van der Waals surface area (Å²) in [6, 6.07) is 11.4. The third-order valence-electron chi connectivity index (χ3n) is 3.34. The Morgan fingerprint density at radius 1 is 1.19 bits per heavy atom. The fraction of sp³-hybridized carbons (Fsp3) is 0.353. The first-order valence-corrected chi connectivity index (χ1v) is 7.27. The van der Waals surface area contributed by atoms with Crippen LogP contribution in [-0.4, -0.2) is 18.1 Å². The van der Waals surface area contributed by atoms with Crippen molar-refractivity contribution in [2.45, 2.75) is 26.0 Å². The van der Waals surface area contributed by atoms with E-state index in [-0.39, 0.29) is 18.0 Å². The van der Waals surface area contributed by atoms with Gasteiger partial charge in [0.15, 0.2) is 0 Å². The van der Waals surface area contributed by atoms with E-state index < -0.39 is 0 Å². The summed E-state index contributed by atoms with van der Waals surface area (Å²) in [6.07, 6.45) is 2.61. The second kappa shape index (κ2) is 7.86. The highest BCUT2D eigenvalue weighted by molar-refractivity contribution is 5.26. The smallest absolute Gasteiger partial charge is 0.146 e. The zero-order valence-corrected chi connectivity index (χ0v) is 12.4. The Kier molecular flexibility index (Phi) is 5.84. The van der Waals surface area contributed by atoms with E-state index in [9.17, 15) is 4.39 Å². The van der Waals surface area contributed by atoms with Gasteiger partial charge in [0.1, 0.15) is 11.9 Å². The van der Waals surface area contributed by atoms with Gasteiger partial charge in [-0.2, -0.15) is 0 Å². The number of benzene rings is 1. The van der Waals surface area contributed by atoms with Crippen molar-refractivity contribution < 1.29 is 9.13 Å². The van der Waals surface area contributed by atoms with Crippen LogP contribution >= 0.6 is 0 Å². The summed E-state index contributed by atoms with van der Waals surface area (Å²) in [5, 5.41) is 3.33. The first-order valence-electron chi connectivity index (χ1n) is 7.27. The molecule has 0 aliphatic heterocycles. The maximum atomic E-state index is 14.1. The fourth-order valence-electron chi connectivity index (χ4n) is 2.45. The quantitative estimate of drug-likeness (QED) is 0.844. The average molecular weight is 288 g/mol. The van der Waals surface area contributed by atoms with Gasteiger partial charge in [0.25, 0.3) is 0 Å². The summed E-state index contributed by atoms with van der Waals surface area (Å²) in [4.78, 5) is 3.82. The van der Waals surface area contributed by atoms with E-state index in [4.69, 9.17) is 4.74 Å². The Bertz CT molecular complexity index is 547. The molecule has 2 aromatic rings. The maximum absolute atomic E-state index is 14.1. The Morgan fingerprint density at radius 3 is 2.57 bits per heavy atom. The van der Waals surface area contributed by atoms with Crippen LogP contribution in [-0.2, 0) is 4.74 Å². The van der Waals surface area contributed by atoms with Crippen LogP contribution in [0.15, 0.2) is 48.8 Å². The van der Waals surface area contributed by atoms with Gasteiger partial charge in [-0.1, -0.05) is 37.3 Å². The third-order valence-corrected chi connectivity index (χ3v) is 3.34. The SMILES string of the molecule is CCNC(c1ccncc1F)C(OCC)c1ccccc1. The van der Waals surface area contributed by atoms with Gasteiger partial charge in [-0.3, -0.25) is 4.98 Å². The number of likely N-dealkylation sites (N-methyl/N-ethyl adjacent to an activating group) is 1. The van der Waals surface area contributed by atoms with E-state index >= 15 is 0 Å². The van der Waals surface area contributed by atoms with E-state index in [2.05, 4.69) is 10.3 Å². The molecule has 2 rings (SSSR count). The number of pyridine rings is 1. The molecule has 0 amide bonds. The van der Waals surface area contributed by atoms with Crippen LogP contribution in [0.4, 0.5) is 4.39 Å². The van der Waals surface area contributed by atoms with Gasteiger partial charge < -0.3 is 10.1 Å². The molecule has 0 radical (unpaired) electrons. The normalized spacial score (nSPS) is 13.9. The van der Waals surface area contributed by atoms with Crippen LogP contribution in [0.1, 0.15) is 37.1 Å². The number of aromatic nitrogens is 1. The number of hydrogen-bond donors (Lipinski definition) is 1. The van der Waals surface area contributed by atoms with Crippen molar-refractivity contribution in [2.24, 2.45) is 0 Å². The summed E-state index contributed by atoms with van der Waals surface area (Å²) in [7, 11) is 0. The lowest BCUT2D eigenvalue weighted by molar-refractivity contribution is 0.0321. The van der Waals surface area contributed by atoms with Crippen LogP contribution in [0.3, 0.4) is 0 Å². The number of hydrogen-bond acceptors (Lipinski definition) is 3. The number of nitrogens with one attached hydrogen (secondary N) is 1. The van der Waals surface area contributed by atoms with Gasteiger partial charge in [-0.25, -0.2) is 4.39 Å². The van der Waals surface area contributed by atoms with Crippen molar-refractivity contribution in [2.75, 3.05) is 13.2 Å². The molecule has 1 aromatic heterocycles. The molecule has 1 heterocycles. The molecule has 2 unspecified atom stereocenters. The van der Waals surface area contributed by atoms with Crippen molar-refractivity contribution in [1.82, 2.24) is 10.3 Å². The van der Waals surface area contributed by atoms with E-state index in [0.717, 1.165) is 12.1 Å². The second-order valence-electron chi connectivity index (χ2n) is 4.72. The molecular formula is C17H21FN2O. The largest absolute Gasteiger partial charge is 0.372 e. The van der Waals surface area contributed by atoms with Crippen molar-refractivity contribution in [3.8, 4) is 0 Å². The fourth-order valence-corrected chi connectivity index (χ4v) is 2.45. The Balaban J connectivity index is 2.40. The van der Waals surface area contributed by atoms with Crippen LogP contribution < -0.4 is 5.32 Å². The van der Waals surface area contributed by atoms with Crippen molar-refractivity contribution in [3.63, 3.8) is 0 Å². The van der Waals surface area contributed by atoms with Crippen LogP contribution in [0, 0.1) is 5.82 Å². The molecule has 3 nitrogen and oxygen atoms in total. The molecule has 0 spiro atoms. The van der Waals surface area contributed by atoms with E-state index in [1.54, 1.807) is 12.3 Å². The highest BCUT2D eigenvalue weighted by Gasteiger charge is 2.26. The molecule has 1 N–H and O–H groups in total. The molecule has 1 aromatic carbocycles. The second-order valence-corrected chi connectivity index (χ2v) is 4.72. The Labute approximate surface area is 125 Å². The van der Waals surface area contributed by atoms with Crippen LogP contribution in [0.2, 0.25) is 0 Å². The number of ether oxygens (including phenoxy) is 1. The highest BCUT2D eigenvalue weighted by atomic mass is 19.1. The van der Waals surface area contributed by atoms with Gasteiger partial charge in [-0.15, -0.1) is 0 Å². The lowest BCUT2D eigenvalue weighted by Gasteiger charge is -2.28. The van der Waals surface area contributed by atoms with Gasteiger partial charge in [-0.05, 0) is 25.1 Å². The lowest BCUT2D eigenvalue weighted by Crippen LogP contribution is -2.29. The zero-order valence-electron chi connectivity index (χ0n) is 12.4. The first kappa shape index (κ1) is 15.6. The monoisotopic (exact) mass is 288 g/mol. The van der Waals surface area contributed by atoms with Gasteiger partial charge in [0.05, 0.1) is 12.2 Å². The predicted octanol–water partition coefficient (Wildman–Crippen LogP) is 3.65. The summed E-state index contributed by atoms with van der Waals surface area (Å²) in [5.74, 6) is -0.316. The van der Waals surface area contributed by atoms with E-state index in [1.807, 2.05) is 44.2 Å². The standard InChI is InChI=1S/C17H21FN2O/c1-3-20-16(14-10-11-19-12-15(14)18)17(21-4-2)13-8-6-5-7-9-13/h5-12,16-17,20H,3-4H2,1-2H3. The van der Waals surface area contributed by atoms with Gasteiger partial charge in [0, 0.05) is 18.4 Å². The minimum Gasteiger partial charge on any atom is -0.372 e. The topological polar surface area (TPSA) is 34.2 Å². The molecule has 0 bridgehead atoms.